The normalized spacial score (nSPS) is 14.4. The molecule has 7 heteroatoms. The van der Waals surface area contributed by atoms with E-state index in [1.54, 1.807) is 12.1 Å². The Hall–Kier alpha value is -2.77. The van der Waals surface area contributed by atoms with Crippen molar-refractivity contribution >= 4 is 34.8 Å². The number of phenolic OH excluding ortho intramolecular Hbond substituents is 1. The van der Waals surface area contributed by atoms with Gasteiger partial charge in [-0.1, -0.05) is 30.3 Å². The third-order valence-electron chi connectivity index (χ3n) is 4.43. The topological polar surface area (TPSA) is 95.7 Å². The van der Waals surface area contributed by atoms with Gasteiger partial charge in [-0.2, -0.15) is 0 Å². The Morgan fingerprint density at radius 3 is 2.57 bits per heavy atom. The van der Waals surface area contributed by atoms with Gasteiger partial charge in [0.2, 0.25) is 11.8 Å². The number of amides is 2. The van der Waals surface area contributed by atoms with Crippen LogP contribution >= 0.6 is 11.8 Å². The number of thioether (sulfide) groups is 1. The maximum absolute atomic E-state index is 12.5. The number of benzene rings is 2. The molecule has 0 unspecified atom stereocenters. The molecule has 0 bridgehead atoms. The largest absolute Gasteiger partial charge is 0.508 e. The van der Waals surface area contributed by atoms with E-state index in [2.05, 4.69) is 16.3 Å². The molecular weight excluding hydrogens is 374 g/mol. The number of rotatable bonds is 7. The Morgan fingerprint density at radius 1 is 1.14 bits per heavy atom. The lowest BCUT2D eigenvalue weighted by molar-refractivity contribution is -0.117. The number of carbonyl (C=O) groups excluding carboxylic acids is 2. The van der Waals surface area contributed by atoms with Crippen molar-refractivity contribution in [2.75, 3.05) is 30.7 Å². The number of carbonyl (C=O) groups is 2. The molecule has 146 valence electrons. The summed E-state index contributed by atoms with van der Waals surface area (Å²) in [6.45, 7) is 1.79. The zero-order valence-corrected chi connectivity index (χ0v) is 16.2. The smallest absolute Gasteiger partial charge is 0.238 e. The second-order valence-electron chi connectivity index (χ2n) is 6.56. The van der Waals surface area contributed by atoms with Crippen molar-refractivity contribution in [3.05, 3.63) is 60.2 Å². The fourth-order valence-corrected chi connectivity index (χ4v) is 3.78. The monoisotopic (exact) mass is 397 g/mol. The summed E-state index contributed by atoms with van der Waals surface area (Å²) in [5, 5.41) is 12.3. The molecule has 0 saturated carbocycles. The second-order valence-corrected chi connectivity index (χ2v) is 7.58. The summed E-state index contributed by atoms with van der Waals surface area (Å²) in [5.74, 6) is -0.0545. The molecular formula is C21H23N3O3S. The van der Waals surface area contributed by atoms with E-state index in [1.807, 2.05) is 36.4 Å². The molecule has 0 aliphatic carbocycles. The van der Waals surface area contributed by atoms with Gasteiger partial charge in [-0.15, -0.1) is 11.8 Å². The lowest BCUT2D eigenvalue weighted by Gasteiger charge is -2.26. The summed E-state index contributed by atoms with van der Waals surface area (Å²) in [5.41, 5.74) is 8.22. The molecule has 28 heavy (non-hydrogen) atoms. The number of aromatic hydroxyl groups is 1. The average Bonchev–Trinajstić information content (AvgIpc) is 2.68. The van der Waals surface area contributed by atoms with Crippen LogP contribution in [-0.2, 0) is 9.59 Å². The molecule has 2 aromatic carbocycles. The Balaban J connectivity index is 1.55. The standard InChI is InChI=1S/C21H23N3O3S/c22-20(26)14-28-19-4-2-1-3-18(19)23-21(27)13-24-11-9-16(10-12-24)15-5-7-17(25)8-6-15/h1-9,25H,10-14H2,(H2,22,26)(H,23,27). The van der Waals surface area contributed by atoms with E-state index in [9.17, 15) is 14.7 Å². The Morgan fingerprint density at radius 2 is 1.89 bits per heavy atom. The van der Waals surface area contributed by atoms with Gasteiger partial charge in [-0.05, 0) is 41.8 Å². The second kappa shape index (κ2) is 9.43. The highest BCUT2D eigenvalue weighted by Gasteiger charge is 2.16. The third kappa shape index (κ3) is 5.61. The molecule has 0 aromatic heterocycles. The molecule has 2 amide bonds. The van der Waals surface area contributed by atoms with E-state index >= 15 is 0 Å². The van der Waals surface area contributed by atoms with Crippen molar-refractivity contribution in [2.45, 2.75) is 11.3 Å². The number of phenols is 1. The van der Waals surface area contributed by atoms with Gasteiger partial charge in [0.1, 0.15) is 5.75 Å². The van der Waals surface area contributed by atoms with E-state index in [1.165, 1.54) is 17.3 Å². The van der Waals surface area contributed by atoms with Gasteiger partial charge in [-0.25, -0.2) is 0 Å². The van der Waals surface area contributed by atoms with Crippen LogP contribution in [0.2, 0.25) is 0 Å². The molecule has 0 fully saturated rings. The predicted octanol–water partition coefficient (Wildman–Crippen LogP) is 2.70. The summed E-state index contributed by atoms with van der Waals surface area (Å²) in [7, 11) is 0. The summed E-state index contributed by atoms with van der Waals surface area (Å²) < 4.78 is 0. The van der Waals surface area contributed by atoms with Crippen LogP contribution in [-0.4, -0.2) is 47.2 Å². The van der Waals surface area contributed by atoms with Crippen LogP contribution in [0.5, 0.6) is 5.75 Å². The lowest BCUT2D eigenvalue weighted by atomic mass is 9.99. The molecule has 4 N–H and O–H groups in total. The van der Waals surface area contributed by atoms with E-state index in [0.29, 0.717) is 18.8 Å². The Kier molecular flexibility index (Phi) is 6.73. The van der Waals surface area contributed by atoms with Crippen LogP contribution in [0.1, 0.15) is 12.0 Å². The first-order valence-electron chi connectivity index (χ1n) is 9.02. The highest BCUT2D eigenvalue weighted by Crippen LogP contribution is 2.27. The third-order valence-corrected chi connectivity index (χ3v) is 5.53. The summed E-state index contributed by atoms with van der Waals surface area (Å²) in [6.07, 6.45) is 2.98. The molecule has 2 aromatic rings. The molecule has 0 saturated heterocycles. The summed E-state index contributed by atoms with van der Waals surface area (Å²) >= 11 is 1.31. The number of para-hydroxylation sites is 1. The number of nitrogens with two attached hydrogens (primary N) is 1. The molecule has 1 aliphatic rings. The van der Waals surface area contributed by atoms with E-state index in [0.717, 1.165) is 23.4 Å². The minimum absolute atomic E-state index is 0.0893. The number of hydrogen-bond donors (Lipinski definition) is 3. The van der Waals surface area contributed by atoms with Gasteiger partial charge in [0.05, 0.1) is 18.0 Å². The van der Waals surface area contributed by atoms with Crippen molar-refractivity contribution < 1.29 is 14.7 Å². The number of nitrogens with one attached hydrogen (secondary N) is 1. The van der Waals surface area contributed by atoms with Crippen LogP contribution < -0.4 is 11.1 Å². The van der Waals surface area contributed by atoms with Gasteiger partial charge in [0.15, 0.2) is 0 Å². The van der Waals surface area contributed by atoms with Gasteiger partial charge in [-0.3, -0.25) is 14.5 Å². The highest BCUT2D eigenvalue weighted by molar-refractivity contribution is 8.00. The van der Waals surface area contributed by atoms with E-state index < -0.39 is 5.91 Å². The van der Waals surface area contributed by atoms with Gasteiger partial charge >= 0.3 is 0 Å². The Labute approximate surface area is 168 Å². The number of primary amides is 1. The van der Waals surface area contributed by atoms with Gasteiger partial charge < -0.3 is 16.2 Å². The molecule has 0 spiro atoms. The predicted molar refractivity (Wildman–Crippen MR) is 112 cm³/mol. The molecule has 0 radical (unpaired) electrons. The van der Waals surface area contributed by atoms with Crippen molar-refractivity contribution in [2.24, 2.45) is 5.73 Å². The lowest BCUT2D eigenvalue weighted by Crippen LogP contribution is -2.36. The molecule has 6 nitrogen and oxygen atoms in total. The van der Waals surface area contributed by atoms with Crippen molar-refractivity contribution in [3.8, 4) is 5.75 Å². The van der Waals surface area contributed by atoms with Crippen LogP contribution in [0, 0.1) is 0 Å². The van der Waals surface area contributed by atoms with Crippen LogP contribution in [0.3, 0.4) is 0 Å². The average molecular weight is 398 g/mol. The van der Waals surface area contributed by atoms with Crippen LogP contribution in [0.15, 0.2) is 59.5 Å². The maximum Gasteiger partial charge on any atom is 0.238 e. The fraction of sp³-hybridized carbons (Fsp3) is 0.238. The number of hydrogen-bond acceptors (Lipinski definition) is 5. The van der Waals surface area contributed by atoms with E-state index in [-0.39, 0.29) is 17.4 Å². The summed E-state index contributed by atoms with van der Waals surface area (Å²) in [6, 6.07) is 14.6. The molecule has 0 atom stereocenters. The first-order chi connectivity index (χ1) is 13.5. The first-order valence-corrected chi connectivity index (χ1v) is 10.0. The maximum atomic E-state index is 12.5. The minimum Gasteiger partial charge on any atom is -0.508 e. The number of anilines is 1. The van der Waals surface area contributed by atoms with Crippen molar-refractivity contribution in [1.82, 2.24) is 4.90 Å². The molecule has 3 rings (SSSR count). The van der Waals surface area contributed by atoms with Crippen LogP contribution in [0.25, 0.3) is 5.57 Å². The number of nitrogens with zero attached hydrogens (tertiary/aromatic N) is 1. The quantitative estimate of drug-likeness (QED) is 0.625. The summed E-state index contributed by atoms with van der Waals surface area (Å²) in [4.78, 5) is 26.4. The zero-order valence-electron chi connectivity index (χ0n) is 15.4. The van der Waals surface area contributed by atoms with Gasteiger partial charge in [0, 0.05) is 18.0 Å². The van der Waals surface area contributed by atoms with Crippen molar-refractivity contribution in [1.29, 1.82) is 0 Å². The Bertz CT molecular complexity index is 881. The fourth-order valence-electron chi connectivity index (χ4n) is 3.03. The highest BCUT2D eigenvalue weighted by atomic mass is 32.2. The SMILES string of the molecule is NC(=O)CSc1ccccc1NC(=O)CN1CC=C(c2ccc(O)cc2)CC1. The molecule has 1 heterocycles. The van der Waals surface area contributed by atoms with E-state index in [4.69, 9.17) is 5.73 Å². The zero-order chi connectivity index (χ0) is 19.9. The van der Waals surface area contributed by atoms with Gasteiger partial charge in [0.25, 0.3) is 0 Å². The first kappa shape index (κ1) is 20.0. The van der Waals surface area contributed by atoms with Crippen LogP contribution in [0.4, 0.5) is 5.69 Å². The molecule has 1 aliphatic heterocycles. The minimum atomic E-state index is -0.393. The van der Waals surface area contributed by atoms with Crippen molar-refractivity contribution in [3.63, 3.8) is 0 Å².